The molecule has 3 aromatic rings. The van der Waals surface area contributed by atoms with Gasteiger partial charge < -0.3 is 13.7 Å². The molecule has 1 aromatic carbocycles. The molecule has 0 saturated heterocycles. The Bertz CT molecular complexity index is 717. The number of esters is 1. The van der Waals surface area contributed by atoms with Crippen LogP contribution in [0.2, 0.25) is 0 Å². The first-order valence-corrected chi connectivity index (χ1v) is 6.22. The van der Waals surface area contributed by atoms with E-state index in [1.165, 1.54) is 0 Å². The summed E-state index contributed by atoms with van der Waals surface area (Å²) in [5.41, 5.74) is 1.68. The standard InChI is InChI=1S/C15H13NO4/c1-9-14(10(2)20-16-9)15(17)18-8-12-7-11-5-3-4-6-13(11)19-12/h3-7H,8H2,1-2H3. The molecule has 3 rings (SSSR count). The van der Waals surface area contributed by atoms with Crippen molar-refractivity contribution in [3.8, 4) is 0 Å². The summed E-state index contributed by atoms with van der Waals surface area (Å²) in [5.74, 6) is 0.602. The average Bonchev–Trinajstić information content (AvgIpc) is 2.99. The van der Waals surface area contributed by atoms with Gasteiger partial charge in [0.25, 0.3) is 0 Å². The van der Waals surface area contributed by atoms with Crippen LogP contribution in [0.3, 0.4) is 0 Å². The summed E-state index contributed by atoms with van der Waals surface area (Å²) in [7, 11) is 0. The van der Waals surface area contributed by atoms with Gasteiger partial charge in [-0.15, -0.1) is 0 Å². The van der Waals surface area contributed by atoms with Crippen molar-refractivity contribution >= 4 is 16.9 Å². The third-order valence-electron chi connectivity index (χ3n) is 3.06. The first kappa shape index (κ1) is 12.5. The summed E-state index contributed by atoms with van der Waals surface area (Å²) < 4.78 is 15.8. The maximum Gasteiger partial charge on any atom is 0.344 e. The molecule has 2 heterocycles. The highest BCUT2D eigenvalue weighted by atomic mass is 16.5. The minimum Gasteiger partial charge on any atom is -0.457 e. The second-order valence-corrected chi connectivity index (χ2v) is 4.53. The Hall–Kier alpha value is -2.56. The number of para-hydroxylation sites is 1. The highest BCUT2D eigenvalue weighted by Crippen LogP contribution is 2.20. The Labute approximate surface area is 115 Å². The quantitative estimate of drug-likeness (QED) is 0.683. The number of nitrogens with zero attached hydrogens (tertiary/aromatic N) is 1. The highest BCUT2D eigenvalue weighted by molar-refractivity contribution is 5.91. The van der Waals surface area contributed by atoms with Crippen molar-refractivity contribution in [2.45, 2.75) is 20.5 Å². The maximum atomic E-state index is 12.0. The molecule has 0 aliphatic heterocycles. The van der Waals surface area contributed by atoms with E-state index in [9.17, 15) is 4.79 Å². The monoisotopic (exact) mass is 271 g/mol. The molecule has 5 heteroatoms. The molecule has 2 aromatic heterocycles. The van der Waals surface area contributed by atoms with Crippen LogP contribution in [0.25, 0.3) is 11.0 Å². The van der Waals surface area contributed by atoms with Crippen molar-refractivity contribution in [3.05, 3.63) is 53.1 Å². The third kappa shape index (κ3) is 2.18. The number of hydrogen-bond donors (Lipinski definition) is 0. The number of aryl methyl sites for hydroxylation is 2. The van der Waals surface area contributed by atoms with Gasteiger partial charge in [-0.3, -0.25) is 0 Å². The molecule has 0 saturated carbocycles. The lowest BCUT2D eigenvalue weighted by Gasteiger charge is -2.01. The lowest BCUT2D eigenvalue weighted by atomic mass is 10.2. The van der Waals surface area contributed by atoms with E-state index in [4.69, 9.17) is 13.7 Å². The molecular weight excluding hydrogens is 258 g/mol. The Balaban J connectivity index is 1.74. The topological polar surface area (TPSA) is 65.5 Å². The van der Waals surface area contributed by atoms with Gasteiger partial charge in [0, 0.05) is 5.39 Å². The van der Waals surface area contributed by atoms with Crippen LogP contribution in [0, 0.1) is 13.8 Å². The number of ether oxygens (including phenoxy) is 1. The molecule has 0 radical (unpaired) electrons. The number of aromatic nitrogens is 1. The van der Waals surface area contributed by atoms with E-state index >= 15 is 0 Å². The van der Waals surface area contributed by atoms with E-state index in [2.05, 4.69) is 5.16 Å². The van der Waals surface area contributed by atoms with Crippen molar-refractivity contribution < 1.29 is 18.5 Å². The Morgan fingerprint density at radius 3 is 2.80 bits per heavy atom. The van der Waals surface area contributed by atoms with Crippen molar-refractivity contribution in [2.75, 3.05) is 0 Å². The van der Waals surface area contributed by atoms with E-state index in [1.807, 2.05) is 30.3 Å². The van der Waals surface area contributed by atoms with E-state index in [0.29, 0.717) is 22.8 Å². The fourth-order valence-corrected chi connectivity index (χ4v) is 2.09. The Morgan fingerprint density at radius 2 is 2.10 bits per heavy atom. The molecule has 0 spiro atoms. The molecule has 0 amide bonds. The number of carbonyl (C=O) groups excluding carboxylic acids is 1. The smallest absolute Gasteiger partial charge is 0.344 e. The Morgan fingerprint density at radius 1 is 1.30 bits per heavy atom. The van der Waals surface area contributed by atoms with Crippen molar-refractivity contribution in [3.63, 3.8) is 0 Å². The number of hydrogen-bond acceptors (Lipinski definition) is 5. The molecule has 0 unspecified atom stereocenters. The first-order chi connectivity index (χ1) is 9.65. The summed E-state index contributed by atoms with van der Waals surface area (Å²) in [6, 6.07) is 9.49. The summed E-state index contributed by atoms with van der Waals surface area (Å²) in [5, 5.41) is 4.71. The number of furan rings is 1. The van der Waals surface area contributed by atoms with Crippen LogP contribution in [0.15, 0.2) is 39.3 Å². The van der Waals surface area contributed by atoms with Crippen LogP contribution in [0.4, 0.5) is 0 Å². The van der Waals surface area contributed by atoms with Crippen molar-refractivity contribution in [1.29, 1.82) is 0 Å². The van der Waals surface area contributed by atoms with Crippen LogP contribution >= 0.6 is 0 Å². The summed E-state index contributed by atoms with van der Waals surface area (Å²) in [6.07, 6.45) is 0. The lowest BCUT2D eigenvalue weighted by molar-refractivity contribution is 0.0445. The molecule has 0 aliphatic carbocycles. The molecule has 0 fully saturated rings. The second-order valence-electron chi connectivity index (χ2n) is 4.53. The minimum absolute atomic E-state index is 0.0809. The zero-order valence-corrected chi connectivity index (χ0v) is 11.2. The number of carbonyl (C=O) groups is 1. The normalized spacial score (nSPS) is 10.9. The van der Waals surface area contributed by atoms with Crippen LogP contribution in [-0.4, -0.2) is 11.1 Å². The largest absolute Gasteiger partial charge is 0.457 e. The summed E-state index contributed by atoms with van der Waals surface area (Å²) in [4.78, 5) is 12.0. The third-order valence-corrected chi connectivity index (χ3v) is 3.06. The summed E-state index contributed by atoms with van der Waals surface area (Å²) in [6.45, 7) is 3.46. The highest BCUT2D eigenvalue weighted by Gasteiger charge is 2.19. The fourth-order valence-electron chi connectivity index (χ4n) is 2.09. The van der Waals surface area contributed by atoms with E-state index in [0.717, 1.165) is 11.0 Å². The second kappa shape index (κ2) is 4.85. The molecule has 0 bridgehead atoms. The van der Waals surface area contributed by atoms with Gasteiger partial charge in [0.1, 0.15) is 29.3 Å². The van der Waals surface area contributed by atoms with Crippen LogP contribution in [0.5, 0.6) is 0 Å². The van der Waals surface area contributed by atoms with Crippen LogP contribution in [0.1, 0.15) is 27.6 Å². The van der Waals surface area contributed by atoms with Gasteiger partial charge in [-0.25, -0.2) is 4.79 Å². The molecule has 20 heavy (non-hydrogen) atoms. The average molecular weight is 271 g/mol. The van der Waals surface area contributed by atoms with E-state index < -0.39 is 5.97 Å². The minimum atomic E-state index is -0.457. The fraction of sp³-hybridized carbons (Fsp3) is 0.200. The van der Waals surface area contributed by atoms with Gasteiger partial charge in [-0.1, -0.05) is 23.4 Å². The van der Waals surface area contributed by atoms with Crippen LogP contribution < -0.4 is 0 Å². The van der Waals surface area contributed by atoms with Crippen LogP contribution in [-0.2, 0) is 11.3 Å². The van der Waals surface area contributed by atoms with E-state index in [1.54, 1.807) is 13.8 Å². The molecule has 5 nitrogen and oxygen atoms in total. The van der Waals surface area contributed by atoms with Gasteiger partial charge >= 0.3 is 5.97 Å². The van der Waals surface area contributed by atoms with Gasteiger partial charge in [0.2, 0.25) is 0 Å². The zero-order chi connectivity index (χ0) is 14.1. The SMILES string of the molecule is Cc1noc(C)c1C(=O)OCc1cc2ccccc2o1. The summed E-state index contributed by atoms with van der Waals surface area (Å²) >= 11 is 0. The van der Waals surface area contributed by atoms with Gasteiger partial charge in [0.15, 0.2) is 0 Å². The predicted octanol–water partition coefficient (Wildman–Crippen LogP) is 3.39. The lowest BCUT2D eigenvalue weighted by Crippen LogP contribution is -2.06. The van der Waals surface area contributed by atoms with E-state index in [-0.39, 0.29) is 6.61 Å². The van der Waals surface area contributed by atoms with Gasteiger partial charge in [-0.05, 0) is 26.0 Å². The molecule has 102 valence electrons. The van der Waals surface area contributed by atoms with Crippen molar-refractivity contribution in [1.82, 2.24) is 5.16 Å². The zero-order valence-electron chi connectivity index (χ0n) is 11.2. The Kier molecular flexibility index (Phi) is 3.02. The number of fused-ring (bicyclic) bond motifs is 1. The molecular formula is C15H13NO4. The predicted molar refractivity (Wildman–Crippen MR) is 71.3 cm³/mol. The number of benzene rings is 1. The number of rotatable bonds is 3. The van der Waals surface area contributed by atoms with Gasteiger partial charge in [0.05, 0.1) is 5.69 Å². The van der Waals surface area contributed by atoms with Gasteiger partial charge in [-0.2, -0.15) is 0 Å². The maximum absolute atomic E-state index is 12.0. The first-order valence-electron chi connectivity index (χ1n) is 6.22. The molecule has 0 atom stereocenters. The van der Waals surface area contributed by atoms with Crippen molar-refractivity contribution in [2.24, 2.45) is 0 Å². The molecule has 0 aliphatic rings. The molecule has 0 N–H and O–H groups in total.